The van der Waals surface area contributed by atoms with Crippen molar-refractivity contribution in [2.24, 2.45) is 0 Å². The summed E-state index contributed by atoms with van der Waals surface area (Å²) >= 11 is 9.58. The second-order valence-corrected chi connectivity index (χ2v) is 6.25. The van der Waals surface area contributed by atoms with Crippen molar-refractivity contribution in [3.05, 3.63) is 57.0 Å². The number of carbonyl (C=O) groups excluding carboxylic acids is 1. The summed E-state index contributed by atoms with van der Waals surface area (Å²) in [6.07, 6.45) is 1.77. The molecule has 1 amide bonds. The van der Waals surface area contributed by atoms with Crippen LogP contribution in [0.15, 0.2) is 40.9 Å². The predicted octanol–water partition coefficient (Wildman–Crippen LogP) is 4.89. The second-order valence-electron chi connectivity index (χ2n) is 4.90. The fourth-order valence-electron chi connectivity index (χ4n) is 2.68. The van der Waals surface area contributed by atoms with Gasteiger partial charge in [-0.25, -0.2) is 0 Å². The Morgan fingerprint density at radius 2 is 1.70 bits per heavy atom. The van der Waals surface area contributed by atoms with Crippen LogP contribution in [0.5, 0.6) is 0 Å². The second kappa shape index (κ2) is 5.23. The van der Waals surface area contributed by atoms with E-state index in [1.165, 1.54) is 5.56 Å². The lowest BCUT2D eigenvalue weighted by Crippen LogP contribution is -2.23. The van der Waals surface area contributed by atoms with Gasteiger partial charge >= 0.3 is 0 Å². The number of benzene rings is 2. The first kappa shape index (κ1) is 13.7. The Labute approximate surface area is 131 Å². The molecule has 0 aliphatic carbocycles. The SMILES string of the molecule is CC(=O)N1c2ccc(Cl)cc2CCc2cc(Br)ccc21. The van der Waals surface area contributed by atoms with Crippen LogP contribution in [-0.4, -0.2) is 5.91 Å². The van der Waals surface area contributed by atoms with Crippen molar-refractivity contribution in [1.82, 2.24) is 0 Å². The molecular formula is C16H13BrClNO. The molecule has 0 saturated heterocycles. The van der Waals surface area contributed by atoms with Crippen molar-refractivity contribution in [3.8, 4) is 0 Å². The fraction of sp³-hybridized carbons (Fsp3) is 0.188. The first-order chi connectivity index (χ1) is 9.56. The van der Waals surface area contributed by atoms with E-state index < -0.39 is 0 Å². The molecule has 1 aliphatic rings. The van der Waals surface area contributed by atoms with Gasteiger partial charge in [-0.3, -0.25) is 9.69 Å². The Balaban J connectivity index is 2.23. The van der Waals surface area contributed by atoms with E-state index in [1.807, 2.05) is 30.3 Å². The monoisotopic (exact) mass is 349 g/mol. The molecule has 102 valence electrons. The summed E-state index contributed by atoms with van der Waals surface area (Å²) in [6.45, 7) is 1.59. The summed E-state index contributed by atoms with van der Waals surface area (Å²) in [5.41, 5.74) is 4.17. The van der Waals surface area contributed by atoms with Crippen molar-refractivity contribution in [2.45, 2.75) is 19.8 Å². The molecule has 20 heavy (non-hydrogen) atoms. The Hall–Kier alpha value is -1.32. The van der Waals surface area contributed by atoms with Crippen LogP contribution in [0.3, 0.4) is 0 Å². The summed E-state index contributed by atoms with van der Waals surface area (Å²) in [7, 11) is 0. The molecule has 0 bridgehead atoms. The number of rotatable bonds is 0. The Morgan fingerprint density at radius 1 is 1.10 bits per heavy atom. The zero-order valence-corrected chi connectivity index (χ0v) is 13.3. The molecule has 0 spiro atoms. The van der Waals surface area contributed by atoms with Gasteiger partial charge in [0.25, 0.3) is 0 Å². The predicted molar refractivity (Wildman–Crippen MR) is 85.8 cm³/mol. The molecule has 0 N–H and O–H groups in total. The van der Waals surface area contributed by atoms with Gasteiger partial charge in [-0.15, -0.1) is 0 Å². The lowest BCUT2D eigenvalue weighted by Gasteiger charge is -2.23. The van der Waals surface area contributed by atoms with Gasteiger partial charge in [-0.1, -0.05) is 27.5 Å². The molecule has 0 atom stereocenters. The minimum atomic E-state index is 0.0130. The van der Waals surface area contributed by atoms with E-state index in [4.69, 9.17) is 11.6 Å². The first-order valence-corrected chi connectivity index (χ1v) is 7.61. The van der Waals surface area contributed by atoms with E-state index in [9.17, 15) is 4.79 Å². The van der Waals surface area contributed by atoms with Gasteiger partial charge in [0.2, 0.25) is 5.91 Å². The third-order valence-corrected chi connectivity index (χ3v) is 4.27. The molecule has 0 unspecified atom stereocenters. The number of carbonyl (C=O) groups is 1. The van der Waals surface area contributed by atoms with E-state index in [1.54, 1.807) is 11.8 Å². The highest BCUT2D eigenvalue weighted by Crippen LogP contribution is 2.38. The van der Waals surface area contributed by atoms with E-state index in [0.29, 0.717) is 5.02 Å². The van der Waals surface area contributed by atoms with Gasteiger partial charge in [0.05, 0.1) is 11.4 Å². The average molecular weight is 351 g/mol. The minimum absolute atomic E-state index is 0.0130. The quantitative estimate of drug-likeness (QED) is 0.662. The number of aryl methyl sites for hydroxylation is 2. The summed E-state index contributed by atoms with van der Waals surface area (Å²) in [5.74, 6) is 0.0130. The van der Waals surface area contributed by atoms with Gasteiger partial charge < -0.3 is 0 Å². The van der Waals surface area contributed by atoms with Crippen LogP contribution >= 0.6 is 27.5 Å². The zero-order valence-electron chi connectivity index (χ0n) is 11.0. The van der Waals surface area contributed by atoms with E-state index in [-0.39, 0.29) is 5.91 Å². The van der Waals surface area contributed by atoms with Crippen molar-refractivity contribution in [3.63, 3.8) is 0 Å². The summed E-state index contributed by atoms with van der Waals surface area (Å²) < 4.78 is 1.03. The number of fused-ring (bicyclic) bond motifs is 2. The third-order valence-electron chi connectivity index (χ3n) is 3.54. The van der Waals surface area contributed by atoms with Crippen LogP contribution in [0.4, 0.5) is 11.4 Å². The standard InChI is InChI=1S/C16H13BrClNO/c1-10(20)19-15-6-4-13(17)8-11(15)2-3-12-9-14(18)5-7-16(12)19/h4-9H,2-3H2,1H3. The molecule has 0 aromatic heterocycles. The highest BCUT2D eigenvalue weighted by atomic mass is 79.9. The smallest absolute Gasteiger partial charge is 0.228 e. The topological polar surface area (TPSA) is 20.3 Å². The molecule has 1 heterocycles. The van der Waals surface area contributed by atoms with Gasteiger partial charge in [-0.05, 0) is 60.4 Å². The molecule has 0 fully saturated rings. The molecule has 2 aromatic carbocycles. The fourth-order valence-corrected chi connectivity index (χ4v) is 3.29. The maximum Gasteiger partial charge on any atom is 0.228 e. The average Bonchev–Trinajstić information content (AvgIpc) is 2.55. The van der Waals surface area contributed by atoms with E-state index >= 15 is 0 Å². The Kier molecular flexibility index (Phi) is 3.57. The Bertz CT molecular complexity index is 645. The molecule has 0 radical (unpaired) electrons. The highest BCUT2D eigenvalue weighted by Gasteiger charge is 2.23. The van der Waals surface area contributed by atoms with Crippen molar-refractivity contribution in [1.29, 1.82) is 0 Å². The van der Waals surface area contributed by atoms with Gasteiger partial charge in [0, 0.05) is 16.4 Å². The van der Waals surface area contributed by atoms with Crippen molar-refractivity contribution in [2.75, 3.05) is 4.90 Å². The number of amides is 1. The van der Waals surface area contributed by atoms with Crippen LogP contribution in [0.1, 0.15) is 18.1 Å². The lowest BCUT2D eigenvalue weighted by molar-refractivity contribution is -0.115. The Morgan fingerprint density at radius 3 is 2.35 bits per heavy atom. The zero-order chi connectivity index (χ0) is 14.3. The molecule has 1 aliphatic heterocycles. The maximum atomic E-state index is 12.1. The molecule has 3 rings (SSSR count). The van der Waals surface area contributed by atoms with Crippen LogP contribution in [0.25, 0.3) is 0 Å². The number of anilines is 2. The maximum absolute atomic E-state index is 12.1. The van der Waals surface area contributed by atoms with Crippen LogP contribution in [-0.2, 0) is 17.6 Å². The summed E-state index contributed by atoms with van der Waals surface area (Å²) in [4.78, 5) is 13.9. The van der Waals surface area contributed by atoms with Gasteiger partial charge in [0.15, 0.2) is 0 Å². The van der Waals surface area contributed by atoms with Gasteiger partial charge in [0.1, 0.15) is 0 Å². The van der Waals surface area contributed by atoms with Crippen molar-refractivity contribution < 1.29 is 4.79 Å². The number of nitrogens with zero attached hydrogens (tertiary/aromatic N) is 1. The molecule has 2 aromatic rings. The van der Waals surface area contributed by atoms with Crippen LogP contribution < -0.4 is 4.90 Å². The minimum Gasteiger partial charge on any atom is -0.281 e. The van der Waals surface area contributed by atoms with Gasteiger partial charge in [-0.2, -0.15) is 0 Å². The van der Waals surface area contributed by atoms with Crippen LogP contribution in [0, 0.1) is 0 Å². The molecule has 0 saturated carbocycles. The van der Waals surface area contributed by atoms with E-state index in [0.717, 1.165) is 34.3 Å². The van der Waals surface area contributed by atoms with Crippen molar-refractivity contribution >= 4 is 44.8 Å². The van der Waals surface area contributed by atoms with Crippen LogP contribution in [0.2, 0.25) is 5.02 Å². The summed E-state index contributed by atoms with van der Waals surface area (Å²) in [6, 6.07) is 11.8. The molecular weight excluding hydrogens is 338 g/mol. The lowest BCUT2D eigenvalue weighted by atomic mass is 10.0. The number of halogens is 2. The van der Waals surface area contributed by atoms with E-state index in [2.05, 4.69) is 22.0 Å². The number of hydrogen-bond acceptors (Lipinski definition) is 1. The normalized spacial score (nSPS) is 13.4. The molecule has 2 nitrogen and oxygen atoms in total. The first-order valence-electron chi connectivity index (χ1n) is 6.44. The third kappa shape index (κ3) is 2.36. The molecule has 4 heteroatoms. The number of hydrogen-bond donors (Lipinski definition) is 0. The highest BCUT2D eigenvalue weighted by molar-refractivity contribution is 9.10. The largest absolute Gasteiger partial charge is 0.281 e. The summed E-state index contributed by atoms with van der Waals surface area (Å²) in [5, 5.41) is 0.708.